The number of carbonyl (C=O) groups is 2. The van der Waals surface area contributed by atoms with Crippen LogP contribution in [-0.4, -0.2) is 29.1 Å². The summed E-state index contributed by atoms with van der Waals surface area (Å²) in [5.74, 6) is -0.356. The maximum absolute atomic E-state index is 13.0. The molecule has 0 bridgehead atoms. The van der Waals surface area contributed by atoms with Gasteiger partial charge in [0, 0.05) is 5.38 Å². The molecule has 25 heavy (non-hydrogen) atoms. The SMILES string of the molecule is COc1cccc(C2(C(=O)NCc3nc(C(=O)O)cs3)CCCC2)c1. The first-order valence-corrected chi connectivity index (χ1v) is 9.04. The van der Waals surface area contributed by atoms with Crippen LogP contribution in [0.25, 0.3) is 0 Å². The molecule has 1 aliphatic carbocycles. The second-order valence-electron chi connectivity index (χ2n) is 6.14. The largest absolute Gasteiger partial charge is 0.497 e. The first-order valence-electron chi connectivity index (χ1n) is 8.16. The van der Waals surface area contributed by atoms with E-state index >= 15 is 0 Å². The molecule has 0 atom stereocenters. The fourth-order valence-electron chi connectivity index (χ4n) is 3.36. The fraction of sp³-hybridized carbons (Fsp3) is 0.389. The van der Waals surface area contributed by atoms with Crippen LogP contribution in [-0.2, 0) is 16.8 Å². The monoisotopic (exact) mass is 360 g/mol. The van der Waals surface area contributed by atoms with Crippen LogP contribution in [0.3, 0.4) is 0 Å². The summed E-state index contributed by atoms with van der Waals surface area (Å²) in [4.78, 5) is 27.9. The van der Waals surface area contributed by atoms with E-state index in [2.05, 4.69) is 10.3 Å². The van der Waals surface area contributed by atoms with Crippen molar-refractivity contribution >= 4 is 23.2 Å². The third kappa shape index (κ3) is 3.51. The van der Waals surface area contributed by atoms with E-state index in [1.54, 1.807) is 7.11 Å². The molecule has 2 N–H and O–H groups in total. The van der Waals surface area contributed by atoms with Crippen LogP contribution in [0.4, 0.5) is 0 Å². The Morgan fingerprint density at radius 1 is 1.36 bits per heavy atom. The second kappa shape index (κ2) is 7.23. The summed E-state index contributed by atoms with van der Waals surface area (Å²) in [5, 5.41) is 13.9. The average molecular weight is 360 g/mol. The van der Waals surface area contributed by atoms with Crippen molar-refractivity contribution in [1.82, 2.24) is 10.3 Å². The minimum absolute atomic E-state index is 0.0117. The molecule has 0 saturated heterocycles. The van der Waals surface area contributed by atoms with Crippen LogP contribution in [0.15, 0.2) is 29.6 Å². The highest BCUT2D eigenvalue weighted by Gasteiger charge is 2.42. The summed E-state index contributed by atoms with van der Waals surface area (Å²) in [7, 11) is 1.61. The average Bonchev–Trinajstić information content (AvgIpc) is 3.30. The quantitative estimate of drug-likeness (QED) is 0.827. The summed E-state index contributed by atoms with van der Waals surface area (Å²) in [6.45, 7) is 0.239. The van der Waals surface area contributed by atoms with E-state index in [0.717, 1.165) is 37.0 Å². The third-order valence-corrected chi connectivity index (χ3v) is 5.53. The first-order chi connectivity index (χ1) is 12.0. The zero-order valence-corrected chi connectivity index (χ0v) is 14.8. The van der Waals surface area contributed by atoms with Crippen molar-refractivity contribution < 1.29 is 19.4 Å². The molecule has 0 spiro atoms. The van der Waals surface area contributed by atoms with Crippen molar-refractivity contribution in [2.45, 2.75) is 37.6 Å². The lowest BCUT2D eigenvalue weighted by atomic mass is 9.78. The van der Waals surface area contributed by atoms with Crippen LogP contribution >= 0.6 is 11.3 Å². The number of nitrogens with one attached hydrogen (secondary N) is 1. The molecule has 1 fully saturated rings. The van der Waals surface area contributed by atoms with Gasteiger partial charge in [-0.2, -0.15) is 0 Å². The molecule has 1 amide bonds. The molecular formula is C18H20N2O4S. The normalized spacial score (nSPS) is 15.7. The van der Waals surface area contributed by atoms with Crippen molar-refractivity contribution in [2.75, 3.05) is 7.11 Å². The Labute approximate surface area is 149 Å². The number of hydrogen-bond donors (Lipinski definition) is 2. The number of aromatic nitrogens is 1. The predicted octanol–water partition coefficient (Wildman–Crippen LogP) is 2.98. The Morgan fingerprint density at radius 2 is 2.12 bits per heavy atom. The molecule has 132 valence electrons. The maximum atomic E-state index is 13.0. The van der Waals surface area contributed by atoms with Crippen molar-refractivity contribution in [3.8, 4) is 5.75 Å². The summed E-state index contributed by atoms with van der Waals surface area (Å²) >= 11 is 1.24. The van der Waals surface area contributed by atoms with Gasteiger partial charge in [-0.05, 0) is 30.5 Å². The van der Waals surface area contributed by atoms with E-state index in [4.69, 9.17) is 9.84 Å². The van der Waals surface area contributed by atoms with E-state index in [1.807, 2.05) is 24.3 Å². The number of thiazole rings is 1. The number of aromatic carboxylic acids is 1. The van der Waals surface area contributed by atoms with Crippen molar-refractivity contribution in [1.29, 1.82) is 0 Å². The molecule has 6 nitrogen and oxygen atoms in total. The van der Waals surface area contributed by atoms with Crippen LogP contribution < -0.4 is 10.1 Å². The number of benzene rings is 1. The zero-order valence-electron chi connectivity index (χ0n) is 13.9. The highest BCUT2D eigenvalue weighted by molar-refractivity contribution is 7.09. The number of nitrogens with zero attached hydrogens (tertiary/aromatic N) is 1. The van der Waals surface area contributed by atoms with Gasteiger partial charge >= 0.3 is 5.97 Å². The lowest BCUT2D eigenvalue weighted by Gasteiger charge is -2.28. The molecule has 3 rings (SSSR count). The maximum Gasteiger partial charge on any atom is 0.355 e. The molecule has 0 radical (unpaired) electrons. The lowest BCUT2D eigenvalue weighted by Crippen LogP contribution is -2.42. The van der Waals surface area contributed by atoms with E-state index in [9.17, 15) is 9.59 Å². The molecule has 1 heterocycles. The van der Waals surface area contributed by atoms with Gasteiger partial charge in [0.05, 0.1) is 19.1 Å². The van der Waals surface area contributed by atoms with Gasteiger partial charge in [0.25, 0.3) is 0 Å². The van der Waals surface area contributed by atoms with E-state index in [0.29, 0.717) is 5.01 Å². The molecule has 0 unspecified atom stereocenters. The van der Waals surface area contributed by atoms with Crippen LogP contribution in [0, 0.1) is 0 Å². The van der Waals surface area contributed by atoms with Crippen molar-refractivity contribution in [2.24, 2.45) is 0 Å². The number of rotatable bonds is 6. The second-order valence-corrected chi connectivity index (χ2v) is 7.08. The number of carboxylic acids is 1. The van der Waals surface area contributed by atoms with E-state index < -0.39 is 11.4 Å². The Bertz CT molecular complexity index is 781. The Balaban J connectivity index is 1.77. The molecule has 2 aromatic rings. The number of amides is 1. The standard InChI is InChI=1S/C18H20N2O4S/c1-24-13-6-4-5-12(9-13)18(7-2-3-8-18)17(23)19-10-15-20-14(11-25-15)16(21)22/h4-6,9,11H,2-3,7-8,10H2,1H3,(H,19,23)(H,21,22). The third-order valence-electron chi connectivity index (χ3n) is 4.69. The van der Waals surface area contributed by atoms with Gasteiger partial charge in [0.2, 0.25) is 5.91 Å². The van der Waals surface area contributed by atoms with Crippen LogP contribution in [0.2, 0.25) is 0 Å². The molecule has 1 aromatic carbocycles. The van der Waals surface area contributed by atoms with Gasteiger partial charge in [0.1, 0.15) is 10.8 Å². The fourth-order valence-corrected chi connectivity index (χ4v) is 4.07. The highest BCUT2D eigenvalue weighted by atomic mass is 32.1. The summed E-state index contributed by atoms with van der Waals surface area (Å²) in [6, 6.07) is 7.67. The van der Waals surface area contributed by atoms with Gasteiger partial charge < -0.3 is 15.2 Å². The summed E-state index contributed by atoms with van der Waals surface area (Å²) in [5.41, 5.74) is 0.423. The number of methoxy groups -OCH3 is 1. The van der Waals surface area contributed by atoms with Crippen LogP contribution in [0.1, 0.15) is 46.7 Å². The highest BCUT2D eigenvalue weighted by Crippen LogP contribution is 2.42. The first kappa shape index (κ1) is 17.4. The number of ether oxygens (including phenoxy) is 1. The molecule has 7 heteroatoms. The molecule has 1 saturated carbocycles. The van der Waals surface area contributed by atoms with Gasteiger partial charge in [-0.1, -0.05) is 25.0 Å². The lowest BCUT2D eigenvalue weighted by molar-refractivity contribution is -0.126. The van der Waals surface area contributed by atoms with Gasteiger partial charge in [-0.3, -0.25) is 4.79 Å². The van der Waals surface area contributed by atoms with Crippen molar-refractivity contribution in [3.63, 3.8) is 0 Å². The minimum Gasteiger partial charge on any atom is -0.497 e. The van der Waals surface area contributed by atoms with Crippen LogP contribution in [0.5, 0.6) is 5.75 Å². The van der Waals surface area contributed by atoms with Gasteiger partial charge in [-0.25, -0.2) is 9.78 Å². The molecular weight excluding hydrogens is 340 g/mol. The van der Waals surface area contributed by atoms with Crippen molar-refractivity contribution in [3.05, 3.63) is 45.9 Å². The Morgan fingerprint density at radius 3 is 2.76 bits per heavy atom. The number of carboxylic acid groups (broad SMARTS) is 1. The number of carbonyl (C=O) groups excluding carboxylic acids is 1. The van der Waals surface area contributed by atoms with Gasteiger partial charge in [0.15, 0.2) is 5.69 Å². The molecule has 1 aromatic heterocycles. The predicted molar refractivity (Wildman–Crippen MR) is 94.1 cm³/mol. The van der Waals surface area contributed by atoms with Gasteiger partial charge in [-0.15, -0.1) is 11.3 Å². The Hall–Kier alpha value is -2.41. The topological polar surface area (TPSA) is 88.5 Å². The number of hydrogen-bond acceptors (Lipinski definition) is 5. The smallest absolute Gasteiger partial charge is 0.355 e. The zero-order chi connectivity index (χ0) is 17.9. The van der Waals surface area contributed by atoms with E-state index in [1.165, 1.54) is 16.7 Å². The summed E-state index contributed by atoms with van der Waals surface area (Å²) < 4.78 is 5.30. The Kier molecular flexibility index (Phi) is 5.03. The molecule has 1 aliphatic rings. The van der Waals surface area contributed by atoms with E-state index in [-0.39, 0.29) is 18.1 Å². The minimum atomic E-state index is -1.06. The molecule has 0 aliphatic heterocycles. The summed E-state index contributed by atoms with van der Waals surface area (Å²) in [6.07, 6.45) is 3.60.